The summed E-state index contributed by atoms with van der Waals surface area (Å²) in [6, 6.07) is 3.92. The van der Waals surface area contributed by atoms with E-state index in [0.29, 0.717) is 12.5 Å². The van der Waals surface area contributed by atoms with Gasteiger partial charge in [0.15, 0.2) is 0 Å². The molecule has 82 valence electrons. The molecular weight excluding hydrogens is 188 g/mol. The van der Waals surface area contributed by atoms with Gasteiger partial charge in [-0.2, -0.15) is 0 Å². The molecule has 1 rings (SSSR count). The molecule has 3 heteroatoms. The van der Waals surface area contributed by atoms with Crippen LogP contribution >= 0.6 is 0 Å². The van der Waals surface area contributed by atoms with Crippen LogP contribution in [0.25, 0.3) is 0 Å². The van der Waals surface area contributed by atoms with Crippen LogP contribution in [-0.4, -0.2) is 18.6 Å². The van der Waals surface area contributed by atoms with E-state index in [9.17, 15) is 0 Å². The number of nitrogens with one attached hydrogen (secondary N) is 1. The number of rotatable bonds is 7. The quantitative estimate of drug-likeness (QED) is 0.548. The van der Waals surface area contributed by atoms with E-state index in [1.165, 1.54) is 0 Å². The predicted molar refractivity (Wildman–Crippen MR) is 61.9 cm³/mol. The zero-order chi connectivity index (χ0) is 10.9. The molecule has 0 aliphatic heterocycles. The summed E-state index contributed by atoms with van der Waals surface area (Å²) in [5.41, 5.74) is 1.16. The molecule has 1 aromatic heterocycles. The van der Waals surface area contributed by atoms with Crippen molar-refractivity contribution in [3.63, 3.8) is 0 Å². The Balaban J connectivity index is 2.32. The van der Waals surface area contributed by atoms with Gasteiger partial charge in [0.25, 0.3) is 0 Å². The Kier molecular flexibility index (Phi) is 5.48. The van der Waals surface area contributed by atoms with E-state index in [1.54, 1.807) is 0 Å². The van der Waals surface area contributed by atoms with E-state index in [4.69, 9.17) is 4.74 Å². The summed E-state index contributed by atoms with van der Waals surface area (Å²) in [7, 11) is 1.92. The minimum atomic E-state index is 0.693. The first-order chi connectivity index (χ1) is 7.36. The summed E-state index contributed by atoms with van der Waals surface area (Å²) in [6.07, 6.45) is 5.70. The Morgan fingerprint density at radius 1 is 1.53 bits per heavy atom. The van der Waals surface area contributed by atoms with Crippen molar-refractivity contribution in [2.24, 2.45) is 0 Å². The highest BCUT2D eigenvalue weighted by atomic mass is 16.5. The molecule has 1 heterocycles. The van der Waals surface area contributed by atoms with Gasteiger partial charge in [0.2, 0.25) is 5.88 Å². The molecule has 0 fully saturated rings. The molecule has 0 unspecified atom stereocenters. The van der Waals surface area contributed by atoms with Gasteiger partial charge < -0.3 is 10.1 Å². The van der Waals surface area contributed by atoms with Crippen LogP contribution in [0.1, 0.15) is 18.4 Å². The van der Waals surface area contributed by atoms with Gasteiger partial charge in [-0.3, -0.25) is 0 Å². The third kappa shape index (κ3) is 4.61. The Bertz CT molecular complexity index is 282. The summed E-state index contributed by atoms with van der Waals surface area (Å²) >= 11 is 0. The zero-order valence-electron chi connectivity index (χ0n) is 9.20. The first-order valence-electron chi connectivity index (χ1n) is 5.20. The smallest absolute Gasteiger partial charge is 0.213 e. The number of nitrogens with zero attached hydrogens (tertiary/aromatic N) is 1. The highest BCUT2D eigenvalue weighted by Gasteiger charge is 1.95. The van der Waals surface area contributed by atoms with Gasteiger partial charge in [-0.05, 0) is 25.5 Å². The van der Waals surface area contributed by atoms with Crippen LogP contribution in [0, 0.1) is 0 Å². The lowest BCUT2D eigenvalue weighted by Crippen LogP contribution is -2.05. The molecule has 15 heavy (non-hydrogen) atoms. The third-order valence-corrected chi connectivity index (χ3v) is 1.98. The molecule has 0 aliphatic rings. The van der Waals surface area contributed by atoms with E-state index >= 15 is 0 Å². The lowest BCUT2D eigenvalue weighted by atomic mass is 10.3. The summed E-state index contributed by atoms with van der Waals surface area (Å²) < 4.78 is 5.46. The van der Waals surface area contributed by atoms with Crippen LogP contribution in [0.5, 0.6) is 5.88 Å². The van der Waals surface area contributed by atoms with Gasteiger partial charge in [0.1, 0.15) is 0 Å². The maximum absolute atomic E-state index is 5.46. The van der Waals surface area contributed by atoms with Gasteiger partial charge in [-0.25, -0.2) is 4.98 Å². The molecule has 0 spiro atoms. The molecule has 1 aromatic rings. The molecular formula is C12H18N2O. The molecule has 0 radical (unpaired) electrons. The Morgan fingerprint density at radius 3 is 3.00 bits per heavy atom. The highest BCUT2D eigenvalue weighted by molar-refractivity contribution is 5.17. The lowest BCUT2D eigenvalue weighted by molar-refractivity contribution is 0.300. The highest BCUT2D eigenvalue weighted by Crippen LogP contribution is 2.07. The van der Waals surface area contributed by atoms with Crippen molar-refractivity contribution in [2.45, 2.75) is 19.4 Å². The summed E-state index contributed by atoms with van der Waals surface area (Å²) in [5, 5.41) is 3.07. The average Bonchev–Trinajstić information content (AvgIpc) is 2.27. The number of pyridine rings is 1. The number of hydrogen-bond donors (Lipinski definition) is 1. The maximum Gasteiger partial charge on any atom is 0.213 e. The molecule has 1 N–H and O–H groups in total. The fourth-order valence-electron chi connectivity index (χ4n) is 1.21. The SMILES string of the molecule is C=CCCCOc1ccc(CNC)cn1. The first kappa shape index (κ1) is 11.7. The molecule has 0 aromatic carbocycles. The minimum Gasteiger partial charge on any atom is -0.478 e. The summed E-state index contributed by atoms with van der Waals surface area (Å²) in [4.78, 5) is 4.21. The number of unbranched alkanes of at least 4 members (excludes halogenated alkanes) is 1. The molecule has 3 nitrogen and oxygen atoms in total. The molecule has 0 bridgehead atoms. The minimum absolute atomic E-state index is 0.693. The van der Waals surface area contributed by atoms with Crippen molar-refractivity contribution in [2.75, 3.05) is 13.7 Å². The van der Waals surface area contributed by atoms with E-state index in [2.05, 4.69) is 16.9 Å². The first-order valence-corrected chi connectivity index (χ1v) is 5.20. The van der Waals surface area contributed by atoms with Crippen molar-refractivity contribution in [1.29, 1.82) is 0 Å². The van der Waals surface area contributed by atoms with Crippen molar-refractivity contribution in [1.82, 2.24) is 10.3 Å². The van der Waals surface area contributed by atoms with Crippen molar-refractivity contribution < 1.29 is 4.74 Å². The van der Waals surface area contributed by atoms with Gasteiger partial charge in [0, 0.05) is 18.8 Å². The van der Waals surface area contributed by atoms with Gasteiger partial charge in [0.05, 0.1) is 6.61 Å². The van der Waals surface area contributed by atoms with Crippen molar-refractivity contribution >= 4 is 0 Å². The standard InChI is InChI=1S/C12H18N2O/c1-3-4-5-8-15-12-7-6-11(9-13-2)10-14-12/h3,6-7,10,13H,1,4-5,8-9H2,2H3. The molecule has 0 amide bonds. The predicted octanol–water partition coefficient (Wildman–Crippen LogP) is 2.15. The zero-order valence-corrected chi connectivity index (χ0v) is 9.20. The van der Waals surface area contributed by atoms with Crippen LogP contribution in [-0.2, 0) is 6.54 Å². The van der Waals surface area contributed by atoms with Crippen LogP contribution in [0.3, 0.4) is 0 Å². The molecule has 0 saturated heterocycles. The summed E-state index contributed by atoms with van der Waals surface area (Å²) in [6.45, 7) is 5.20. The Morgan fingerprint density at radius 2 is 2.40 bits per heavy atom. The molecule has 0 atom stereocenters. The monoisotopic (exact) mass is 206 g/mol. The van der Waals surface area contributed by atoms with Gasteiger partial charge in [-0.15, -0.1) is 6.58 Å². The fraction of sp³-hybridized carbons (Fsp3) is 0.417. The van der Waals surface area contributed by atoms with E-state index < -0.39 is 0 Å². The number of hydrogen-bond acceptors (Lipinski definition) is 3. The Labute approximate surface area is 91.2 Å². The van der Waals surface area contributed by atoms with Crippen molar-refractivity contribution in [3.8, 4) is 5.88 Å². The second kappa shape index (κ2) is 7.01. The topological polar surface area (TPSA) is 34.1 Å². The third-order valence-electron chi connectivity index (χ3n) is 1.98. The number of allylic oxidation sites excluding steroid dienone is 1. The summed E-state index contributed by atoms with van der Waals surface area (Å²) in [5.74, 6) is 0.693. The van der Waals surface area contributed by atoms with E-state index in [-0.39, 0.29) is 0 Å². The van der Waals surface area contributed by atoms with E-state index in [1.807, 2.05) is 31.5 Å². The average molecular weight is 206 g/mol. The second-order valence-electron chi connectivity index (χ2n) is 3.31. The van der Waals surface area contributed by atoms with E-state index in [0.717, 1.165) is 24.9 Å². The van der Waals surface area contributed by atoms with Gasteiger partial charge >= 0.3 is 0 Å². The fourth-order valence-corrected chi connectivity index (χ4v) is 1.21. The van der Waals surface area contributed by atoms with Crippen LogP contribution < -0.4 is 10.1 Å². The maximum atomic E-state index is 5.46. The van der Waals surface area contributed by atoms with Crippen LogP contribution in [0.4, 0.5) is 0 Å². The van der Waals surface area contributed by atoms with Crippen molar-refractivity contribution in [3.05, 3.63) is 36.5 Å². The number of ether oxygens (including phenoxy) is 1. The normalized spacial score (nSPS) is 9.93. The molecule has 0 aliphatic carbocycles. The molecule has 0 saturated carbocycles. The number of aromatic nitrogens is 1. The van der Waals surface area contributed by atoms with Gasteiger partial charge in [-0.1, -0.05) is 12.1 Å². The second-order valence-corrected chi connectivity index (χ2v) is 3.31. The Hall–Kier alpha value is -1.35. The van der Waals surface area contributed by atoms with Crippen LogP contribution in [0.2, 0.25) is 0 Å². The lowest BCUT2D eigenvalue weighted by Gasteiger charge is -2.05. The largest absolute Gasteiger partial charge is 0.478 e. The van der Waals surface area contributed by atoms with Crippen LogP contribution in [0.15, 0.2) is 31.0 Å².